The molecule has 2 atom stereocenters. The smallest absolute Gasteiger partial charge is 0.129 e. The molecule has 1 aromatic rings. The van der Waals surface area contributed by atoms with E-state index in [0.29, 0.717) is 18.6 Å². The number of hydrogen-bond acceptors (Lipinski definition) is 4. The molecule has 4 heteroatoms. The number of rotatable bonds is 3. The summed E-state index contributed by atoms with van der Waals surface area (Å²) in [5, 5.41) is 6.98. The van der Waals surface area contributed by atoms with Crippen LogP contribution >= 0.6 is 0 Å². The van der Waals surface area contributed by atoms with E-state index in [4.69, 9.17) is 9.26 Å². The zero-order valence-electron chi connectivity index (χ0n) is 8.40. The van der Waals surface area contributed by atoms with E-state index < -0.39 is 0 Å². The Morgan fingerprint density at radius 3 is 3.36 bits per heavy atom. The predicted octanol–water partition coefficient (Wildman–Crippen LogP) is 1.19. The zero-order valence-corrected chi connectivity index (χ0v) is 8.40. The molecule has 2 unspecified atom stereocenters. The third kappa shape index (κ3) is 2.33. The normalized spacial score (nSPS) is 27.8. The lowest BCUT2D eigenvalue weighted by Gasteiger charge is -2.29. The van der Waals surface area contributed by atoms with Gasteiger partial charge in [-0.25, -0.2) is 0 Å². The number of ether oxygens (including phenoxy) is 1. The van der Waals surface area contributed by atoms with Gasteiger partial charge in [-0.1, -0.05) is 12.1 Å². The van der Waals surface area contributed by atoms with Crippen LogP contribution in [0.1, 0.15) is 18.9 Å². The molecular weight excluding hydrogens is 180 g/mol. The zero-order chi connectivity index (χ0) is 9.80. The van der Waals surface area contributed by atoms with Crippen LogP contribution in [0, 0.1) is 5.92 Å². The Morgan fingerprint density at radius 1 is 1.71 bits per heavy atom. The maximum absolute atomic E-state index is 5.80. The molecule has 78 valence electrons. The van der Waals surface area contributed by atoms with E-state index in [2.05, 4.69) is 17.4 Å². The van der Waals surface area contributed by atoms with Crippen LogP contribution in [0.25, 0.3) is 0 Å². The molecule has 0 radical (unpaired) electrons. The van der Waals surface area contributed by atoms with Gasteiger partial charge in [0.15, 0.2) is 0 Å². The maximum Gasteiger partial charge on any atom is 0.129 e. The maximum atomic E-state index is 5.80. The molecule has 4 nitrogen and oxygen atoms in total. The summed E-state index contributed by atoms with van der Waals surface area (Å²) in [4.78, 5) is 0. The molecule has 1 saturated heterocycles. The van der Waals surface area contributed by atoms with Crippen molar-refractivity contribution in [1.82, 2.24) is 10.5 Å². The molecule has 14 heavy (non-hydrogen) atoms. The highest BCUT2D eigenvalue weighted by Gasteiger charge is 2.21. The highest BCUT2D eigenvalue weighted by atomic mass is 16.5. The second-order valence-corrected chi connectivity index (χ2v) is 3.85. The molecule has 0 amide bonds. The standard InChI is InChI=1S/C10H16N2O2/c1-8-4-11-3-2-10(8)13-6-9-5-12-14-7-9/h5,7-8,10-11H,2-4,6H2,1H3. The van der Waals surface area contributed by atoms with Crippen LogP contribution < -0.4 is 5.32 Å². The topological polar surface area (TPSA) is 47.3 Å². The third-order valence-corrected chi connectivity index (χ3v) is 2.65. The molecule has 1 aliphatic rings. The van der Waals surface area contributed by atoms with E-state index in [9.17, 15) is 0 Å². The van der Waals surface area contributed by atoms with Gasteiger partial charge in [-0.15, -0.1) is 0 Å². The number of nitrogens with one attached hydrogen (secondary N) is 1. The molecule has 1 N–H and O–H groups in total. The van der Waals surface area contributed by atoms with Crippen LogP contribution in [0.4, 0.5) is 0 Å². The Kier molecular flexibility index (Phi) is 3.16. The first-order chi connectivity index (χ1) is 6.86. The summed E-state index contributed by atoms with van der Waals surface area (Å²) in [5.41, 5.74) is 1.01. The van der Waals surface area contributed by atoms with Crippen LogP contribution in [-0.2, 0) is 11.3 Å². The second-order valence-electron chi connectivity index (χ2n) is 3.85. The van der Waals surface area contributed by atoms with E-state index in [0.717, 1.165) is 25.1 Å². The molecule has 0 spiro atoms. The minimum absolute atomic E-state index is 0.367. The fourth-order valence-corrected chi connectivity index (χ4v) is 1.74. The van der Waals surface area contributed by atoms with Crippen LogP contribution in [-0.4, -0.2) is 24.4 Å². The summed E-state index contributed by atoms with van der Waals surface area (Å²) in [6, 6.07) is 0. The Morgan fingerprint density at radius 2 is 2.64 bits per heavy atom. The molecule has 2 heterocycles. The summed E-state index contributed by atoms with van der Waals surface area (Å²) in [7, 11) is 0. The van der Waals surface area contributed by atoms with Crippen molar-refractivity contribution in [2.75, 3.05) is 13.1 Å². The first kappa shape index (κ1) is 9.68. The van der Waals surface area contributed by atoms with E-state index in [1.54, 1.807) is 12.5 Å². The molecule has 0 aromatic carbocycles. The van der Waals surface area contributed by atoms with Crippen molar-refractivity contribution in [3.63, 3.8) is 0 Å². The highest BCUT2D eigenvalue weighted by molar-refractivity contribution is 4.97. The van der Waals surface area contributed by atoms with Crippen LogP contribution in [0.2, 0.25) is 0 Å². The van der Waals surface area contributed by atoms with Gasteiger partial charge in [0.25, 0.3) is 0 Å². The SMILES string of the molecule is CC1CNCCC1OCc1cnoc1. The minimum atomic E-state index is 0.367. The monoisotopic (exact) mass is 196 g/mol. The van der Waals surface area contributed by atoms with Crippen molar-refractivity contribution in [2.45, 2.75) is 26.1 Å². The average molecular weight is 196 g/mol. The third-order valence-electron chi connectivity index (χ3n) is 2.65. The molecule has 0 saturated carbocycles. The highest BCUT2D eigenvalue weighted by Crippen LogP contribution is 2.16. The van der Waals surface area contributed by atoms with Gasteiger partial charge in [0, 0.05) is 12.1 Å². The minimum Gasteiger partial charge on any atom is -0.373 e. The molecule has 1 aromatic heterocycles. The Balaban J connectivity index is 1.79. The lowest BCUT2D eigenvalue weighted by Crippen LogP contribution is -2.39. The molecule has 1 aliphatic heterocycles. The Hall–Kier alpha value is -0.870. The molecule has 2 rings (SSSR count). The Bertz CT molecular complexity index is 261. The number of piperidine rings is 1. The number of hydrogen-bond donors (Lipinski definition) is 1. The number of nitrogens with zero attached hydrogens (tertiary/aromatic N) is 1. The van der Waals surface area contributed by atoms with E-state index in [-0.39, 0.29) is 0 Å². The van der Waals surface area contributed by atoms with Gasteiger partial charge < -0.3 is 14.6 Å². The van der Waals surface area contributed by atoms with E-state index in [1.165, 1.54) is 0 Å². The first-order valence-corrected chi connectivity index (χ1v) is 5.07. The van der Waals surface area contributed by atoms with Gasteiger partial charge in [-0.3, -0.25) is 0 Å². The van der Waals surface area contributed by atoms with E-state index in [1.807, 2.05) is 0 Å². The molecular formula is C10H16N2O2. The van der Waals surface area contributed by atoms with Gasteiger partial charge in [0.05, 0.1) is 18.9 Å². The summed E-state index contributed by atoms with van der Waals surface area (Å²) in [6.07, 6.45) is 4.79. The summed E-state index contributed by atoms with van der Waals surface area (Å²) in [5.74, 6) is 0.587. The quantitative estimate of drug-likeness (QED) is 0.788. The average Bonchev–Trinajstić information content (AvgIpc) is 2.69. The summed E-state index contributed by atoms with van der Waals surface area (Å²) < 4.78 is 10.5. The van der Waals surface area contributed by atoms with Crippen molar-refractivity contribution >= 4 is 0 Å². The fraction of sp³-hybridized carbons (Fsp3) is 0.700. The lowest BCUT2D eigenvalue weighted by atomic mass is 9.98. The van der Waals surface area contributed by atoms with Crippen molar-refractivity contribution in [3.8, 4) is 0 Å². The lowest BCUT2D eigenvalue weighted by molar-refractivity contribution is -0.00993. The van der Waals surface area contributed by atoms with Crippen molar-refractivity contribution < 1.29 is 9.26 Å². The van der Waals surface area contributed by atoms with Crippen molar-refractivity contribution in [3.05, 3.63) is 18.0 Å². The molecule has 0 bridgehead atoms. The largest absolute Gasteiger partial charge is 0.373 e. The van der Waals surface area contributed by atoms with Gasteiger partial charge in [-0.2, -0.15) is 0 Å². The van der Waals surface area contributed by atoms with Crippen LogP contribution in [0.15, 0.2) is 17.0 Å². The predicted molar refractivity (Wildman–Crippen MR) is 51.7 cm³/mol. The fourth-order valence-electron chi connectivity index (χ4n) is 1.74. The summed E-state index contributed by atoms with van der Waals surface area (Å²) in [6.45, 7) is 4.93. The first-order valence-electron chi connectivity index (χ1n) is 5.07. The summed E-state index contributed by atoms with van der Waals surface area (Å²) >= 11 is 0. The number of aromatic nitrogens is 1. The van der Waals surface area contributed by atoms with Crippen molar-refractivity contribution in [1.29, 1.82) is 0 Å². The van der Waals surface area contributed by atoms with Crippen molar-refractivity contribution in [2.24, 2.45) is 5.92 Å². The molecule has 1 fully saturated rings. The van der Waals surface area contributed by atoms with Crippen LogP contribution in [0.3, 0.4) is 0 Å². The van der Waals surface area contributed by atoms with Crippen LogP contribution in [0.5, 0.6) is 0 Å². The van der Waals surface area contributed by atoms with Gasteiger partial charge in [0.1, 0.15) is 6.26 Å². The second kappa shape index (κ2) is 4.57. The Labute approximate surface area is 83.6 Å². The van der Waals surface area contributed by atoms with E-state index >= 15 is 0 Å². The van der Waals surface area contributed by atoms with Gasteiger partial charge >= 0.3 is 0 Å². The molecule has 0 aliphatic carbocycles. The van der Waals surface area contributed by atoms with Gasteiger partial charge in [0.2, 0.25) is 0 Å². The van der Waals surface area contributed by atoms with Gasteiger partial charge in [-0.05, 0) is 18.9 Å².